The summed E-state index contributed by atoms with van der Waals surface area (Å²) in [6, 6.07) is 2.44. The smallest absolute Gasteiger partial charge is 0.253 e. The van der Waals surface area contributed by atoms with E-state index in [1.807, 2.05) is 19.9 Å². The van der Waals surface area contributed by atoms with Crippen molar-refractivity contribution in [1.29, 1.82) is 0 Å². The number of H-pyrrole nitrogens is 1. The zero-order chi connectivity index (χ0) is 15.4. The van der Waals surface area contributed by atoms with Crippen molar-refractivity contribution in [1.82, 2.24) is 15.6 Å². The van der Waals surface area contributed by atoms with Crippen molar-refractivity contribution in [2.75, 3.05) is 0 Å². The minimum absolute atomic E-state index is 0.0335. The van der Waals surface area contributed by atoms with Gasteiger partial charge in [0.25, 0.3) is 5.56 Å². The molecule has 1 aromatic rings. The second kappa shape index (κ2) is 7.07. The van der Waals surface area contributed by atoms with Crippen molar-refractivity contribution in [3.8, 4) is 0 Å². The Hall–Kier alpha value is -1.36. The van der Waals surface area contributed by atoms with E-state index in [2.05, 4.69) is 22.5 Å². The number of aromatic nitrogens is 1. The average molecular weight is 307 g/mol. The van der Waals surface area contributed by atoms with E-state index in [4.69, 9.17) is 12.2 Å². The van der Waals surface area contributed by atoms with Crippen LogP contribution in [0.15, 0.2) is 10.9 Å². The van der Waals surface area contributed by atoms with Crippen molar-refractivity contribution in [3.63, 3.8) is 0 Å². The highest BCUT2D eigenvalue weighted by molar-refractivity contribution is 7.80. The Kier molecular flexibility index (Phi) is 5.39. The van der Waals surface area contributed by atoms with Crippen molar-refractivity contribution < 1.29 is 0 Å². The molecule has 0 unspecified atom stereocenters. The van der Waals surface area contributed by atoms with E-state index < -0.39 is 0 Å². The van der Waals surface area contributed by atoms with E-state index in [-0.39, 0.29) is 5.56 Å². The van der Waals surface area contributed by atoms with Crippen LogP contribution in [0.4, 0.5) is 0 Å². The molecule has 2 rings (SSSR count). The van der Waals surface area contributed by atoms with Crippen LogP contribution in [0.25, 0.3) is 0 Å². The Morgan fingerprint density at radius 2 is 2.10 bits per heavy atom. The number of hydrogen-bond acceptors (Lipinski definition) is 2. The Morgan fingerprint density at radius 3 is 2.76 bits per heavy atom. The topological polar surface area (TPSA) is 56.9 Å². The first-order valence-corrected chi connectivity index (χ1v) is 8.12. The van der Waals surface area contributed by atoms with Crippen LogP contribution in [0.5, 0.6) is 0 Å². The van der Waals surface area contributed by atoms with Crippen LogP contribution >= 0.6 is 12.2 Å². The van der Waals surface area contributed by atoms with Crippen molar-refractivity contribution in [2.45, 2.75) is 59.0 Å². The van der Waals surface area contributed by atoms with Gasteiger partial charge in [-0.25, -0.2) is 0 Å². The monoisotopic (exact) mass is 307 g/mol. The van der Waals surface area contributed by atoms with Gasteiger partial charge in [-0.15, -0.1) is 0 Å². The fourth-order valence-corrected chi connectivity index (χ4v) is 3.24. The zero-order valence-corrected chi connectivity index (χ0v) is 13.9. The van der Waals surface area contributed by atoms with Crippen molar-refractivity contribution in [2.24, 2.45) is 5.92 Å². The van der Waals surface area contributed by atoms with Gasteiger partial charge >= 0.3 is 0 Å². The molecule has 3 N–H and O–H groups in total. The molecule has 0 bridgehead atoms. The quantitative estimate of drug-likeness (QED) is 0.751. The summed E-state index contributed by atoms with van der Waals surface area (Å²) in [5.41, 5.74) is 2.60. The van der Waals surface area contributed by atoms with Crippen LogP contribution in [0.2, 0.25) is 0 Å². The van der Waals surface area contributed by atoms with Crippen LogP contribution in [-0.2, 0) is 6.54 Å². The Balaban J connectivity index is 1.91. The molecule has 0 spiro atoms. The molecule has 0 saturated heterocycles. The van der Waals surface area contributed by atoms with Crippen LogP contribution in [0.1, 0.15) is 49.4 Å². The first-order chi connectivity index (χ1) is 9.97. The van der Waals surface area contributed by atoms with Crippen LogP contribution in [0, 0.1) is 19.8 Å². The number of pyridine rings is 1. The standard InChI is InChI=1S/C16H25N3OS/c1-10-6-4-5-7-14(10)19-16(21)17-9-13-11(2)8-12(3)18-15(13)20/h8,10,14H,4-7,9H2,1-3H3,(H,18,20)(H2,17,19,21)/t10-,14+/m1/s1. The number of rotatable bonds is 3. The fraction of sp³-hybridized carbons (Fsp3) is 0.625. The lowest BCUT2D eigenvalue weighted by molar-refractivity contribution is 0.308. The molecule has 2 atom stereocenters. The lowest BCUT2D eigenvalue weighted by Gasteiger charge is -2.30. The van der Waals surface area contributed by atoms with E-state index in [1.54, 1.807) is 0 Å². The highest BCUT2D eigenvalue weighted by atomic mass is 32.1. The molecule has 21 heavy (non-hydrogen) atoms. The van der Waals surface area contributed by atoms with Gasteiger partial charge < -0.3 is 15.6 Å². The summed E-state index contributed by atoms with van der Waals surface area (Å²) in [5, 5.41) is 7.21. The largest absolute Gasteiger partial charge is 0.360 e. The van der Waals surface area contributed by atoms with E-state index in [0.717, 1.165) is 16.8 Å². The second-order valence-electron chi connectivity index (χ2n) is 6.14. The minimum atomic E-state index is -0.0335. The van der Waals surface area contributed by atoms with Gasteiger partial charge in [0.15, 0.2) is 5.11 Å². The normalized spacial score (nSPS) is 21.9. The van der Waals surface area contributed by atoms with E-state index in [9.17, 15) is 4.79 Å². The van der Waals surface area contributed by atoms with Gasteiger partial charge in [-0.2, -0.15) is 0 Å². The first kappa shape index (κ1) is 16.0. The number of aromatic amines is 1. The molecule has 0 aliphatic heterocycles. The SMILES string of the molecule is Cc1cc(C)c(CNC(=S)N[C@H]2CCCC[C@H]2C)c(=O)[nH]1. The number of aryl methyl sites for hydroxylation is 2. The maximum absolute atomic E-state index is 12.0. The molecule has 1 aliphatic carbocycles. The maximum Gasteiger partial charge on any atom is 0.253 e. The number of thiocarbonyl (C=S) groups is 1. The van der Waals surface area contributed by atoms with Crippen molar-refractivity contribution >= 4 is 17.3 Å². The van der Waals surface area contributed by atoms with Gasteiger partial charge in [0.05, 0.1) is 0 Å². The molecule has 1 aromatic heterocycles. The summed E-state index contributed by atoms with van der Waals surface area (Å²) >= 11 is 5.36. The molecule has 0 aromatic carbocycles. The summed E-state index contributed by atoms with van der Waals surface area (Å²) in [5.74, 6) is 0.656. The van der Waals surface area contributed by atoms with Crippen LogP contribution in [0.3, 0.4) is 0 Å². The Bertz CT molecular complexity index is 567. The predicted octanol–water partition coefficient (Wildman–Crippen LogP) is 2.53. The molecule has 1 saturated carbocycles. The molecule has 116 valence electrons. The summed E-state index contributed by atoms with van der Waals surface area (Å²) in [6.07, 6.45) is 5.02. The highest BCUT2D eigenvalue weighted by Crippen LogP contribution is 2.23. The van der Waals surface area contributed by atoms with Gasteiger partial charge in [-0.1, -0.05) is 19.8 Å². The maximum atomic E-state index is 12.0. The molecular formula is C16H25N3OS. The van der Waals surface area contributed by atoms with E-state index in [1.165, 1.54) is 25.7 Å². The summed E-state index contributed by atoms with van der Waals surface area (Å²) in [4.78, 5) is 14.8. The molecular weight excluding hydrogens is 282 g/mol. The summed E-state index contributed by atoms with van der Waals surface area (Å²) in [6.45, 7) is 6.59. The van der Waals surface area contributed by atoms with Gasteiger partial charge in [0.1, 0.15) is 0 Å². The third kappa shape index (κ3) is 4.30. The lowest BCUT2D eigenvalue weighted by Crippen LogP contribution is -2.46. The molecule has 1 fully saturated rings. The number of hydrogen-bond donors (Lipinski definition) is 3. The fourth-order valence-electron chi connectivity index (χ4n) is 3.02. The molecule has 0 radical (unpaired) electrons. The lowest BCUT2D eigenvalue weighted by atomic mass is 9.86. The van der Waals surface area contributed by atoms with Gasteiger partial charge in [0, 0.05) is 23.8 Å². The van der Waals surface area contributed by atoms with E-state index >= 15 is 0 Å². The van der Waals surface area contributed by atoms with Gasteiger partial charge in [0.2, 0.25) is 0 Å². The second-order valence-corrected chi connectivity index (χ2v) is 6.55. The summed E-state index contributed by atoms with van der Waals surface area (Å²) in [7, 11) is 0. The molecule has 1 heterocycles. The molecule has 1 aliphatic rings. The Morgan fingerprint density at radius 1 is 1.38 bits per heavy atom. The third-order valence-corrected chi connectivity index (χ3v) is 4.61. The third-order valence-electron chi connectivity index (χ3n) is 4.35. The minimum Gasteiger partial charge on any atom is -0.360 e. The van der Waals surface area contributed by atoms with Crippen LogP contribution < -0.4 is 16.2 Å². The molecule has 5 heteroatoms. The highest BCUT2D eigenvalue weighted by Gasteiger charge is 2.21. The van der Waals surface area contributed by atoms with Crippen LogP contribution in [-0.4, -0.2) is 16.1 Å². The van der Waals surface area contributed by atoms with E-state index in [0.29, 0.717) is 23.6 Å². The predicted molar refractivity (Wildman–Crippen MR) is 90.5 cm³/mol. The molecule has 4 nitrogen and oxygen atoms in total. The number of nitrogens with one attached hydrogen (secondary N) is 3. The average Bonchev–Trinajstić information content (AvgIpc) is 2.40. The van der Waals surface area contributed by atoms with Crippen molar-refractivity contribution in [3.05, 3.63) is 33.2 Å². The van der Waals surface area contributed by atoms with Gasteiger partial charge in [-0.05, 0) is 56.5 Å². The van der Waals surface area contributed by atoms with Gasteiger partial charge in [-0.3, -0.25) is 4.79 Å². The first-order valence-electron chi connectivity index (χ1n) is 7.71. The zero-order valence-electron chi connectivity index (χ0n) is 13.1. The summed E-state index contributed by atoms with van der Waals surface area (Å²) < 4.78 is 0. The molecule has 0 amide bonds. The Labute approximate surface area is 131 Å².